The van der Waals surface area contributed by atoms with Crippen LogP contribution in [-0.2, 0) is 6.18 Å². The van der Waals surface area contributed by atoms with Crippen LogP contribution in [0.3, 0.4) is 0 Å². The van der Waals surface area contributed by atoms with E-state index in [1.807, 2.05) is 0 Å². The SMILES string of the molecule is Oc1c(C(Nc2ccccc2C(F)(F)F)c2cccnc2)ccc2cccnc12. The number of hydrogen-bond acceptors (Lipinski definition) is 4. The highest BCUT2D eigenvalue weighted by Crippen LogP contribution is 2.40. The van der Waals surface area contributed by atoms with Crippen molar-refractivity contribution in [1.82, 2.24) is 9.97 Å². The third kappa shape index (κ3) is 3.71. The van der Waals surface area contributed by atoms with Gasteiger partial charge in [-0.3, -0.25) is 9.97 Å². The Kier molecular flexibility index (Phi) is 4.80. The Hall–Kier alpha value is -3.61. The van der Waals surface area contributed by atoms with E-state index in [9.17, 15) is 18.3 Å². The second-order valence-corrected chi connectivity index (χ2v) is 6.49. The summed E-state index contributed by atoms with van der Waals surface area (Å²) < 4.78 is 40.4. The molecule has 2 N–H and O–H groups in total. The standard InChI is InChI=1S/C22H16F3N3O/c23-22(24,25)17-7-1-2-8-18(17)28-19(15-6-3-11-26-13-15)16-10-9-14-5-4-12-27-20(14)21(16)29/h1-13,19,28-29H. The molecule has 0 bridgehead atoms. The number of nitrogens with one attached hydrogen (secondary N) is 1. The van der Waals surface area contributed by atoms with E-state index in [4.69, 9.17) is 0 Å². The molecule has 4 nitrogen and oxygen atoms in total. The number of anilines is 1. The lowest BCUT2D eigenvalue weighted by molar-refractivity contribution is -0.137. The van der Waals surface area contributed by atoms with E-state index in [0.717, 1.165) is 11.5 Å². The first-order valence-corrected chi connectivity index (χ1v) is 8.84. The second-order valence-electron chi connectivity index (χ2n) is 6.49. The van der Waals surface area contributed by atoms with Crippen molar-refractivity contribution < 1.29 is 18.3 Å². The zero-order valence-electron chi connectivity index (χ0n) is 15.1. The average molecular weight is 395 g/mol. The van der Waals surface area contributed by atoms with Gasteiger partial charge < -0.3 is 10.4 Å². The number of halogens is 3. The lowest BCUT2D eigenvalue weighted by Gasteiger charge is -2.24. The van der Waals surface area contributed by atoms with Gasteiger partial charge in [0.05, 0.1) is 11.6 Å². The van der Waals surface area contributed by atoms with Crippen LogP contribution in [-0.4, -0.2) is 15.1 Å². The van der Waals surface area contributed by atoms with Gasteiger partial charge in [-0.1, -0.05) is 36.4 Å². The van der Waals surface area contributed by atoms with Crippen LogP contribution in [0, 0.1) is 0 Å². The molecule has 0 aliphatic rings. The molecule has 0 fully saturated rings. The molecule has 146 valence electrons. The fraction of sp³-hybridized carbons (Fsp3) is 0.0909. The number of phenolic OH excluding ortho intramolecular Hbond substituents is 1. The fourth-order valence-electron chi connectivity index (χ4n) is 3.28. The third-order valence-electron chi connectivity index (χ3n) is 4.64. The predicted octanol–water partition coefficient (Wildman–Crippen LogP) is 5.56. The monoisotopic (exact) mass is 395 g/mol. The van der Waals surface area contributed by atoms with Crippen molar-refractivity contribution in [2.75, 3.05) is 5.32 Å². The largest absolute Gasteiger partial charge is 0.505 e. The van der Waals surface area contributed by atoms with E-state index in [-0.39, 0.29) is 11.4 Å². The van der Waals surface area contributed by atoms with Gasteiger partial charge in [-0.15, -0.1) is 0 Å². The molecule has 0 amide bonds. The smallest absolute Gasteiger partial charge is 0.418 e. The van der Waals surface area contributed by atoms with Crippen molar-refractivity contribution >= 4 is 16.6 Å². The Balaban J connectivity index is 1.86. The molecule has 0 radical (unpaired) electrons. The first-order chi connectivity index (χ1) is 13.9. The number of aromatic nitrogens is 2. The minimum Gasteiger partial charge on any atom is -0.505 e. The summed E-state index contributed by atoms with van der Waals surface area (Å²) in [5.74, 6) is -0.0889. The molecular weight excluding hydrogens is 379 g/mol. The van der Waals surface area contributed by atoms with Crippen molar-refractivity contribution in [2.24, 2.45) is 0 Å². The van der Waals surface area contributed by atoms with Crippen LogP contribution in [0.1, 0.15) is 22.7 Å². The maximum absolute atomic E-state index is 13.5. The van der Waals surface area contributed by atoms with Crippen molar-refractivity contribution in [2.45, 2.75) is 12.2 Å². The fourth-order valence-corrected chi connectivity index (χ4v) is 3.28. The Morgan fingerprint density at radius 1 is 0.897 bits per heavy atom. The summed E-state index contributed by atoms with van der Waals surface area (Å²) in [7, 11) is 0. The molecule has 0 spiro atoms. The first kappa shape index (κ1) is 18.7. The van der Waals surface area contributed by atoms with Crippen molar-refractivity contribution in [3.63, 3.8) is 0 Å². The zero-order valence-corrected chi connectivity index (χ0v) is 15.1. The van der Waals surface area contributed by atoms with Crippen LogP contribution in [0.15, 0.2) is 79.3 Å². The van der Waals surface area contributed by atoms with Gasteiger partial charge in [0.1, 0.15) is 11.3 Å². The normalized spacial score (nSPS) is 12.7. The highest BCUT2D eigenvalue weighted by atomic mass is 19.4. The molecule has 29 heavy (non-hydrogen) atoms. The van der Waals surface area contributed by atoms with Gasteiger partial charge in [0, 0.05) is 35.2 Å². The predicted molar refractivity (Wildman–Crippen MR) is 105 cm³/mol. The number of phenols is 1. The van der Waals surface area contributed by atoms with Crippen LogP contribution >= 0.6 is 0 Å². The highest BCUT2D eigenvalue weighted by molar-refractivity contribution is 5.86. The minimum absolute atomic E-state index is 0.0885. The van der Waals surface area contributed by atoms with Crippen molar-refractivity contribution in [3.05, 3.63) is 95.9 Å². The molecule has 1 atom stereocenters. The van der Waals surface area contributed by atoms with Gasteiger partial charge in [-0.05, 0) is 29.8 Å². The summed E-state index contributed by atoms with van der Waals surface area (Å²) in [6.07, 6.45) is 0.162. The lowest BCUT2D eigenvalue weighted by Crippen LogP contribution is -2.17. The van der Waals surface area contributed by atoms with Crippen LogP contribution in [0.4, 0.5) is 18.9 Å². The number of aromatic hydroxyl groups is 1. The molecule has 2 aromatic carbocycles. The third-order valence-corrected chi connectivity index (χ3v) is 4.64. The number of pyridine rings is 2. The highest BCUT2D eigenvalue weighted by Gasteiger charge is 2.34. The zero-order chi connectivity index (χ0) is 20.4. The minimum atomic E-state index is -4.52. The Morgan fingerprint density at radius 3 is 2.45 bits per heavy atom. The van der Waals surface area contributed by atoms with Crippen LogP contribution in [0.2, 0.25) is 0 Å². The van der Waals surface area contributed by atoms with Gasteiger partial charge in [-0.2, -0.15) is 13.2 Å². The van der Waals surface area contributed by atoms with Crippen LogP contribution in [0.25, 0.3) is 10.9 Å². The topological polar surface area (TPSA) is 58.0 Å². The first-order valence-electron chi connectivity index (χ1n) is 8.84. The van der Waals surface area contributed by atoms with Gasteiger partial charge in [0.15, 0.2) is 0 Å². The number of para-hydroxylation sites is 1. The molecule has 0 saturated heterocycles. The molecule has 2 aromatic heterocycles. The van der Waals surface area contributed by atoms with Crippen molar-refractivity contribution in [3.8, 4) is 5.75 Å². The summed E-state index contributed by atoms with van der Waals surface area (Å²) in [5.41, 5.74) is 0.516. The second kappa shape index (κ2) is 7.43. The Morgan fingerprint density at radius 2 is 1.69 bits per heavy atom. The van der Waals surface area contributed by atoms with E-state index >= 15 is 0 Å². The van der Waals surface area contributed by atoms with E-state index in [2.05, 4.69) is 15.3 Å². The number of fused-ring (bicyclic) bond motifs is 1. The Bertz CT molecular complexity index is 1150. The summed E-state index contributed by atoms with van der Waals surface area (Å²) in [5, 5.41) is 14.5. The van der Waals surface area contributed by atoms with Gasteiger partial charge >= 0.3 is 6.18 Å². The summed E-state index contributed by atoms with van der Waals surface area (Å²) >= 11 is 0. The molecule has 0 aliphatic carbocycles. The summed E-state index contributed by atoms with van der Waals surface area (Å²) in [6.45, 7) is 0. The number of alkyl halides is 3. The maximum Gasteiger partial charge on any atom is 0.418 e. The molecule has 4 rings (SSSR count). The molecule has 0 aliphatic heterocycles. The number of benzene rings is 2. The quantitative estimate of drug-likeness (QED) is 0.475. The molecule has 1 unspecified atom stereocenters. The van der Waals surface area contributed by atoms with E-state index in [1.165, 1.54) is 18.2 Å². The lowest BCUT2D eigenvalue weighted by atomic mass is 9.96. The van der Waals surface area contributed by atoms with Crippen LogP contribution in [0.5, 0.6) is 5.75 Å². The molecule has 0 saturated carbocycles. The van der Waals surface area contributed by atoms with E-state index < -0.39 is 17.8 Å². The van der Waals surface area contributed by atoms with Gasteiger partial charge in [0.25, 0.3) is 0 Å². The van der Waals surface area contributed by atoms with E-state index in [1.54, 1.807) is 55.0 Å². The van der Waals surface area contributed by atoms with Gasteiger partial charge in [-0.25, -0.2) is 0 Å². The number of nitrogens with zero attached hydrogens (tertiary/aromatic N) is 2. The number of rotatable bonds is 4. The number of hydrogen-bond donors (Lipinski definition) is 2. The molecule has 7 heteroatoms. The molecule has 2 heterocycles. The molecule has 4 aromatic rings. The average Bonchev–Trinajstić information content (AvgIpc) is 2.73. The van der Waals surface area contributed by atoms with Crippen molar-refractivity contribution in [1.29, 1.82) is 0 Å². The Labute approximate surface area is 164 Å². The summed E-state index contributed by atoms with van der Waals surface area (Å²) in [6, 6.07) is 14.9. The van der Waals surface area contributed by atoms with E-state index in [0.29, 0.717) is 16.6 Å². The maximum atomic E-state index is 13.5. The van der Waals surface area contributed by atoms with Gasteiger partial charge in [0.2, 0.25) is 0 Å². The molecular formula is C22H16F3N3O. The summed E-state index contributed by atoms with van der Waals surface area (Å²) in [4.78, 5) is 8.28. The van der Waals surface area contributed by atoms with Crippen LogP contribution < -0.4 is 5.32 Å².